The third-order valence-corrected chi connectivity index (χ3v) is 5.90. The molecule has 0 bridgehead atoms. The molecule has 0 aliphatic carbocycles. The Balaban J connectivity index is 2.33. The number of aryl methyl sites for hydroxylation is 1. The van der Waals surface area contributed by atoms with E-state index < -0.39 is 10.0 Å². The van der Waals surface area contributed by atoms with Crippen LogP contribution in [0, 0.1) is 12.8 Å². The second-order valence-corrected chi connectivity index (χ2v) is 7.83. The normalized spacial score (nSPS) is 20.5. The number of piperidine rings is 1. The predicted molar refractivity (Wildman–Crippen MR) is 84.1 cm³/mol. The van der Waals surface area contributed by atoms with E-state index in [4.69, 9.17) is 0 Å². The van der Waals surface area contributed by atoms with E-state index in [1.807, 2.05) is 32.0 Å². The standard InChI is InChI=1S/C15H24N2O3S/c1-12-6-7-14(9-15(12)16(2)3)21(19,20)17-8-4-5-13(10-17)11-18/h6-7,9,13,18H,4-5,8,10-11H2,1-3H3. The summed E-state index contributed by atoms with van der Waals surface area (Å²) in [5, 5.41) is 9.27. The summed E-state index contributed by atoms with van der Waals surface area (Å²) >= 11 is 0. The molecule has 2 rings (SSSR count). The topological polar surface area (TPSA) is 60.9 Å². The Kier molecular flexibility index (Phi) is 4.91. The third-order valence-electron chi connectivity index (χ3n) is 4.04. The molecular weight excluding hydrogens is 288 g/mol. The number of sulfonamides is 1. The molecule has 6 heteroatoms. The fraction of sp³-hybridized carbons (Fsp3) is 0.600. The van der Waals surface area contributed by atoms with Crippen molar-refractivity contribution in [2.24, 2.45) is 5.92 Å². The zero-order valence-electron chi connectivity index (χ0n) is 12.9. The molecule has 1 atom stereocenters. The van der Waals surface area contributed by atoms with Crippen molar-refractivity contribution < 1.29 is 13.5 Å². The minimum Gasteiger partial charge on any atom is -0.396 e. The second kappa shape index (κ2) is 6.34. The number of hydrogen-bond donors (Lipinski definition) is 1. The van der Waals surface area contributed by atoms with Crippen molar-refractivity contribution in [3.8, 4) is 0 Å². The maximum absolute atomic E-state index is 12.8. The summed E-state index contributed by atoms with van der Waals surface area (Å²) in [5.41, 5.74) is 1.96. The van der Waals surface area contributed by atoms with Crippen LogP contribution in [0.3, 0.4) is 0 Å². The highest BCUT2D eigenvalue weighted by atomic mass is 32.2. The van der Waals surface area contributed by atoms with Gasteiger partial charge in [-0.2, -0.15) is 4.31 Å². The largest absolute Gasteiger partial charge is 0.396 e. The molecule has 21 heavy (non-hydrogen) atoms. The molecule has 1 saturated heterocycles. The molecule has 0 spiro atoms. The van der Waals surface area contributed by atoms with Crippen molar-refractivity contribution in [3.05, 3.63) is 23.8 Å². The first kappa shape index (κ1) is 16.3. The van der Waals surface area contributed by atoms with Crippen LogP contribution in [0.25, 0.3) is 0 Å². The predicted octanol–water partition coefficient (Wildman–Crippen LogP) is 1.45. The maximum Gasteiger partial charge on any atom is 0.243 e. The molecule has 1 fully saturated rings. The lowest BCUT2D eigenvalue weighted by Crippen LogP contribution is -2.40. The Labute approximate surface area is 127 Å². The number of rotatable bonds is 4. The highest BCUT2D eigenvalue weighted by molar-refractivity contribution is 7.89. The monoisotopic (exact) mass is 312 g/mol. The van der Waals surface area contributed by atoms with Gasteiger partial charge in [-0.1, -0.05) is 6.07 Å². The van der Waals surface area contributed by atoms with Gasteiger partial charge in [0.25, 0.3) is 0 Å². The van der Waals surface area contributed by atoms with E-state index >= 15 is 0 Å². The van der Waals surface area contributed by atoms with Gasteiger partial charge >= 0.3 is 0 Å². The Hall–Kier alpha value is -1.11. The molecule has 0 aromatic heterocycles. The van der Waals surface area contributed by atoms with E-state index in [1.54, 1.807) is 12.1 Å². The Morgan fingerprint density at radius 3 is 2.71 bits per heavy atom. The summed E-state index contributed by atoms with van der Waals surface area (Å²) < 4.78 is 27.0. The fourth-order valence-electron chi connectivity index (χ4n) is 2.77. The van der Waals surface area contributed by atoms with Gasteiger partial charge in [0.2, 0.25) is 10.0 Å². The number of benzene rings is 1. The van der Waals surface area contributed by atoms with Crippen molar-refractivity contribution in [1.82, 2.24) is 4.31 Å². The van der Waals surface area contributed by atoms with E-state index in [0.29, 0.717) is 18.0 Å². The van der Waals surface area contributed by atoms with E-state index in [-0.39, 0.29) is 12.5 Å². The molecule has 118 valence electrons. The van der Waals surface area contributed by atoms with Gasteiger partial charge in [-0.15, -0.1) is 0 Å². The first-order valence-electron chi connectivity index (χ1n) is 7.25. The van der Waals surface area contributed by atoms with E-state index in [0.717, 1.165) is 24.1 Å². The van der Waals surface area contributed by atoms with Crippen molar-refractivity contribution in [2.45, 2.75) is 24.7 Å². The second-order valence-electron chi connectivity index (χ2n) is 5.90. The third kappa shape index (κ3) is 3.39. The molecule has 0 saturated carbocycles. The first-order valence-corrected chi connectivity index (χ1v) is 8.69. The number of nitrogens with zero attached hydrogens (tertiary/aromatic N) is 2. The quantitative estimate of drug-likeness (QED) is 0.914. The van der Waals surface area contributed by atoms with Gasteiger partial charge in [-0.3, -0.25) is 0 Å². The molecule has 1 aromatic rings. The highest BCUT2D eigenvalue weighted by Crippen LogP contribution is 2.27. The Morgan fingerprint density at radius 2 is 2.10 bits per heavy atom. The summed E-state index contributed by atoms with van der Waals surface area (Å²) in [6, 6.07) is 5.24. The van der Waals surface area contributed by atoms with Gasteiger partial charge in [0.15, 0.2) is 0 Å². The van der Waals surface area contributed by atoms with Gasteiger partial charge < -0.3 is 10.0 Å². The van der Waals surface area contributed by atoms with Crippen molar-refractivity contribution >= 4 is 15.7 Å². The summed E-state index contributed by atoms with van der Waals surface area (Å²) in [6.07, 6.45) is 1.69. The SMILES string of the molecule is Cc1ccc(S(=O)(=O)N2CCCC(CO)C2)cc1N(C)C. The smallest absolute Gasteiger partial charge is 0.243 e. The lowest BCUT2D eigenvalue weighted by Gasteiger charge is -2.31. The van der Waals surface area contributed by atoms with Gasteiger partial charge in [-0.25, -0.2) is 8.42 Å². The van der Waals surface area contributed by atoms with Crippen molar-refractivity contribution in [1.29, 1.82) is 0 Å². The maximum atomic E-state index is 12.8. The molecular formula is C15H24N2O3S. The molecule has 0 amide bonds. The van der Waals surface area contributed by atoms with E-state index in [1.165, 1.54) is 4.31 Å². The van der Waals surface area contributed by atoms with Crippen LogP contribution in [0.1, 0.15) is 18.4 Å². The molecule has 1 heterocycles. The van der Waals surface area contributed by atoms with E-state index in [9.17, 15) is 13.5 Å². The van der Waals surface area contributed by atoms with Crippen molar-refractivity contribution in [3.63, 3.8) is 0 Å². The summed E-state index contributed by atoms with van der Waals surface area (Å²) in [6.45, 7) is 2.95. The van der Waals surface area contributed by atoms with Gasteiger partial charge in [0.05, 0.1) is 4.90 Å². The van der Waals surface area contributed by atoms with Crippen LogP contribution in [0.2, 0.25) is 0 Å². The van der Waals surface area contributed by atoms with Crippen LogP contribution in [-0.4, -0.2) is 51.6 Å². The van der Waals surface area contributed by atoms with Crippen LogP contribution in [-0.2, 0) is 10.0 Å². The fourth-order valence-corrected chi connectivity index (χ4v) is 4.35. The Morgan fingerprint density at radius 1 is 1.38 bits per heavy atom. The highest BCUT2D eigenvalue weighted by Gasteiger charge is 2.30. The minimum atomic E-state index is -3.48. The molecule has 1 N–H and O–H groups in total. The molecule has 5 nitrogen and oxygen atoms in total. The van der Waals surface area contributed by atoms with Crippen LogP contribution in [0.15, 0.2) is 23.1 Å². The lowest BCUT2D eigenvalue weighted by molar-refractivity contribution is 0.165. The molecule has 0 radical (unpaired) electrons. The average molecular weight is 312 g/mol. The lowest BCUT2D eigenvalue weighted by atomic mass is 10.0. The van der Waals surface area contributed by atoms with Crippen LogP contribution >= 0.6 is 0 Å². The van der Waals surface area contributed by atoms with Gasteiger partial charge in [0, 0.05) is 39.5 Å². The zero-order chi connectivity index (χ0) is 15.6. The number of aliphatic hydroxyl groups excluding tert-OH is 1. The molecule has 1 unspecified atom stereocenters. The molecule has 1 aromatic carbocycles. The van der Waals surface area contributed by atoms with Crippen LogP contribution in [0.4, 0.5) is 5.69 Å². The van der Waals surface area contributed by atoms with Crippen LogP contribution in [0.5, 0.6) is 0 Å². The van der Waals surface area contributed by atoms with Crippen LogP contribution < -0.4 is 4.90 Å². The van der Waals surface area contributed by atoms with Gasteiger partial charge in [-0.05, 0) is 43.4 Å². The molecule has 1 aliphatic heterocycles. The van der Waals surface area contributed by atoms with Gasteiger partial charge in [0.1, 0.15) is 0 Å². The number of anilines is 1. The zero-order valence-corrected chi connectivity index (χ0v) is 13.7. The Bertz CT molecular complexity index is 599. The summed E-state index contributed by atoms with van der Waals surface area (Å²) in [4.78, 5) is 2.25. The average Bonchev–Trinajstić information content (AvgIpc) is 2.47. The first-order chi connectivity index (χ1) is 9.86. The van der Waals surface area contributed by atoms with Crippen molar-refractivity contribution in [2.75, 3.05) is 38.7 Å². The molecule has 1 aliphatic rings. The number of aliphatic hydroxyl groups is 1. The summed E-state index contributed by atoms with van der Waals surface area (Å²) in [5.74, 6) is 0.0484. The summed E-state index contributed by atoms with van der Waals surface area (Å²) in [7, 11) is 0.326. The van der Waals surface area contributed by atoms with E-state index in [2.05, 4.69) is 0 Å². The number of hydrogen-bond acceptors (Lipinski definition) is 4. The minimum absolute atomic E-state index is 0.0445.